The number of benzene rings is 1. The molecule has 0 saturated carbocycles. The second-order valence-corrected chi connectivity index (χ2v) is 3.88. The van der Waals surface area contributed by atoms with Gasteiger partial charge in [-0.25, -0.2) is 4.39 Å². The predicted molar refractivity (Wildman–Crippen MR) is 72.0 cm³/mol. The molecule has 1 aromatic carbocycles. The van der Waals surface area contributed by atoms with Crippen LogP contribution in [0, 0.1) is 15.9 Å². The number of nitrogens with zero attached hydrogens (tertiary/aromatic N) is 2. The van der Waals surface area contributed by atoms with Crippen molar-refractivity contribution in [1.82, 2.24) is 0 Å². The van der Waals surface area contributed by atoms with E-state index in [1.54, 1.807) is 0 Å². The maximum Gasteiger partial charge on any atom is 0.272 e. The minimum Gasteiger partial charge on any atom is -0.371 e. The Bertz CT molecular complexity index is 398. The molecule has 4 nitrogen and oxygen atoms in total. The molecule has 0 aromatic heterocycles. The van der Waals surface area contributed by atoms with E-state index < -0.39 is 10.7 Å². The van der Waals surface area contributed by atoms with Crippen molar-refractivity contribution in [2.45, 2.75) is 12.6 Å². The van der Waals surface area contributed by atoms with Gasteiger partial charge in [-0.3, -0.25) is 10.1 Å². The fraction of sp³-hybridized carbons (Fsp3) is 0.400. The summed E-state index contributed by atoms with van der Waals surface area (Å²) in [5.74, 6) is -0.527. The second-order valence-electron chi connectivity index (χ2n) is 3.88. The monoisotopic (exact) mass is 236 g/mol. The molecule has 0 bridgehead atoms. The molecule has 17 heavy (non-hydrogen) atoms. The van der Waals surface area contributed by atoms with Gasteiger partial charge in [-0.1, -0.05) is 12.6 Å². The van der Waals surface area contributed by atoms with Crippen molar-refractivity contribution < 1.29 is 9.31 Å². The van der Waals surface area contributed by atoms with Crippen LogP contribution in [0.25, 0.3) is 0 Å². The molecule has 0 fully saturated rings. The first-order chi connectivity index (χ1) is 8.10. The van der Waals surface area contributed by atoms with E-state index in [4.69, 9.17) is 0 Å². The van der Waals surface area contributed by atoms with Crippen molar-refractivity contribution in [3.05, 3.63) is 34.1 Å². The Balaban J connectivity index is 2.99. The van der Waals surface area contributed by atoms with Gasteiger partial charge in [0.1, 0.15) is 15.7 Å². The molecule has 0 atom stereocenters. The van der Waals surface area contributed by atoms with Gasteiger partial charge >= 0.3 is 0 Å². The lowest BCUT2D eigenvalue weighted by Gasteiger charge is -2.24. The van der Waals surface area contributed by atoms with Crippen LogP contribution in [0.1, 0.15) is 0 Å². The Morgan fingerprint density at radius 2 is 1.88 bits per heavy atom. The van der Waals surface area contributed by atoms with Gasteiger partial charge < -0.3 is 4.90 Å². The number of hydrogen-bond donors (Lipinski definition) is 0. The van der Waals surface area contributed by atoms with Crippen LogP contribution >= 0.6 is 0 Å². The summed E-state index contributed by atoms with van der Waals surface area (Å²) in [7, 11) is 4.04. The van der Waals surface area contributed by atoms with E-state index in [1.807, 2.05) is 20.6 Å². The van der Waals surface area contributed by atoms with Crippen LogP contribution in [-0.4, -0.2) is 33.7 Å². The van der Waals surface area contributed by atoms with Gasteiger partial charge in [0.25, 0.3) is 5.69 Å². The molecule has 0 radical (unpaired) electrons. The van der Waals surface area contributed by atoms with E-state index in [2.05, 4.69) is 0 Å². The smallest absolute Gasteiger partial charge is 0.272 e. The first kappa shape index (κ1) is 13.5. The summed E-state index contributed by atoms with van der Waals surface area (Å²) in [5.41, 5.74) is 0.235. The zero-order valence-electron chi connectivity index (χ0n) is 10.1. The maximum atomic E-state index is 13.8. The van der Waals surface area contributed by atoms with Crippen LogP contribution < -0.4 is 4.90 Å². The number of nitro benzene ring substituents is 1. The van der Waals surface area contributed by atoms with Gasteiger partial charge in [0.15, 0.2) is 5.82 Å². The van der Waals surface area contributed by atoms with Gasteiger partial charge in [0.05, 0.1) is 16.7 Å². The van der Waals surface area contributed by atoms with Crippen LogP contribution in [-0.2, 0) is 0 Å². The molecule has 7 heteroatoms. The Hall–Kier alpha value is -1.52. The summed E-state index contributed by atoms with van der Waals surface area (Å²) in [6.45, 7) is 1.51. The fourth-order valence-corrected chi connectivity index (χ4v) is 1.76. The van der Waals surface area contributed by atoms with Crippen molar-refractivity contribution in [2.75, 3.05) is 18.0 Å². The van der Waals surface area contributed by atoms with Crippen molar-refractivity contribution in [2.24, 2.45) is 0 Å². The third kappa shape index (κ3) is 3.47. The van der Waals surface area contributed by atoms with Crippen LogP contribution in [0.2, 0.25) is 12.6 Å². The molecule has 0 aliphatic carbocycles. The zero-order valence-corrected chi connectivity index (χ0v) is 10.1. The SMILES string of the molecule is BCCN(CCB)c1ccc([N+](=O)[O-])cc1F. The maximum absolute atomic E-state index is 13.8. The Morgan fingerprint density at radius 3 is 2.29 bits per heavy atom. The summed E-state index contributed by atoms with van der Waals surface area (Å²) in [6, 6.07) is 3.81. The molecule has 0 N–H and O–H groups in total. The normalized spacial score (nSPS) is 10.2. The Kier molecular flexibility index (Phi) is 5.00. The number of anilines is 1. The van der Waals surface area contributed by atoms with Gasteiger partial charge in [-0.05, 0) is 6.07 Å². The highest BCUT2D eigenvalue weighted by Crippen LogP contribution is 2.24. The second kappa shape index (κ2) is 6.27. The summed E-state index contributed by atoms with van der Waals surface area (Å²) < 4.78 is 13.8. The highest BCUT2D eigenvalue weighted by molar-refractivity contribution is 6.09. The summed E-state index contributed by atoms with van der Waals surface area (Å²) in [4.78, 5) is 11.8. The average Bonchev–Trinajstić information content (AvgIpc) is 2.28. The highest BCUT2D eigenvalue weighted by atomic mass is 19.1. The lowest BCUT2D eigenvalue weighted by molar-refractivity contribution is -0.385. The van der Waals surface area contributed by atoms with Crippen molar-refractivity contribution >= 4 is 27.1 Å². The van der Waals surface area contributed by atoms with Crippen LogP contribution in [0.3, 0.4) is 0 Å². The van der Waals surface area contributed by atoms with Crippen LogP contribution in [0.4, 0.5) is 15.8 Å². The molecule has 1 rings (SSSR count). The van der Waals surface area contributed by atoms with Gasteiger partial charge in [0, 0.05) is 19.2 Å². The van der Waals surface area contributed by atoms with Crippen molar-refractivity contribution in [3.63, 3.8) is 0 Å². The van der Waals surface area contributed by atoms with E-state index in [9.17, 15) is 14.5 Å². The lowest BCUT2D eigenvalue weighted by atomic mass is 10.0. The molecular weight excluding hydrogens is 221 g/mol. The van der Waals surface area contributed by atoms with Crippen molar-refractivity contribution in [3.8, 4) is 0 Å². The Morgan fingerprint density at radius 1 is 1.29 bits per heavy atom. The number of hydrogen-bond acceptors (Lipinski definition) is 3. The molecule has 0 spiro atoms. The minimum atomic E-state index is -0.586. The summed E-state index contributed by atoms with van der Waals surface area (Å²) in [6.07, 6.45) is 1.83. The van der Waals surface area contributed by atoms with Gasteiger partial charge in [-0.15, -0.1) is 0 Å². The molecule has 1 aromatic rings. The molecule has 0 aliphatic rings. The zero-order chi connectivity index (χ0) is 12.8. The van der Waals surface area contributed by atoms with E-state index in [1.165, 1.54) is 12.1 Å². The van der Waals surface area contributed by atoms with Gasteiger partial charge in [0.2, 0.25) is 0 Å². The molecule has 0 amide bonds. The van der Waals surface area contributed by atoms with E-state index in [-0.39, 0.29) is 5.69 Å². The summed E-state index contributed by atoms with van der Waals surface area (Å²) in [5, 5.41) is 10.5. The highest BCUT2D eigenvalue weighted by Gasteiger charge is 2.14. The quantitative estimate of drug-likeness (QED) is 0.413. The first-order valence-electron chi connectivity index (χ1n) is 5.79. The van der Waals surface area contributed by atoms with E-state index in [0.717, 1.165) is 31.8 Å². The third-order valence-corrected chi connectivity index (χ3v) is 2.47. The summed E-state index contributed by atoms with van der Waals surface area (Å²) >= 11 is 0. The topological polar surface area (TPSA) is 46.4 Å². The minimum absolute atomic E-state index is 0.209. The molecule has 0 saturated heterocycles. The number of halogens is 1. The molecular formula is C10H15B2FN2O2. The average molecular weight is 236 g/mol. The third-order valence-electron chi connectivity index (χ3n) is 2.47. The number of nitro groups is 1. The molecule has 90 valence electrons. The van der Waals surface area contributed by atoms with E-state index >= 15 is 0 Å². The molecule has 0 unspecified atom stereocenters. The Labute approximate surface area is 102 Å². The number of rotatable bonds is 6. The number of non-ortho nitro benzene ring substituents is 1. The molecule has 0 heterocycles. The standard InChI is InChI=1S/C10H15B2FN2O2/c11-3-5-14(6-4-12)10-2-1-8(15(16)17)7-9(10)13/h1-2,7H,3-6,11-12H2. The molecule has 0 aliphatic heterocycles. The predicted octanol–water partition coefficient (Wildman–Crippen LogP) is 0.643. The first-order valence-corrected chi connectivity index (χ1v) is 5.79. The van der Waals surface area contributed by atoms with Gasteiger partial charge in [-0.2, -0.15) is 0 Å². The van der Waals surface area contributed by atoms with E-state index in [0.29, 0.717) is 5.69 Å². The van der Waals surface area contributed by atoms with Crippen molar-refractivity contribution in [1.29, 1.82) is 0 Å². The van der Waals surface area contributed by atoms with Crippen LogP contribution in [0.5, 0.6) is 0 Å². The lowest BCUT2D eigenvalue weighted by Crippen LogP contribution is -2.26. The largest absolute Gasteiger partial charge is 0.371 e. The van der Waals surface area contributed by atoms with Crippen LogP contribution in [0.15, 0.2) is 18.2 Å². The fourth-order valence-electron chi connectivity index (χ4n) is 1.76.